The Kier molecular flexibility index (Phi) is 3.77. The van der Waals surface area contributed by atoms with Gasteiger partial charge in [-0.3, -0.25) is 9.48 Å². The zero-order valence-corrected chi connectivity index (χ0v) is 12.5. The van der Waals surface area contributed by atoms with E-state index in [-0.39, 0.29) is 11.9 Å². The minimum absolute atomic E-state index is 0.140. The fourth-order valence-corrected chi connectivity index (χ4v) is 3.04. The molecule has 21 heavy (non-hydrogen) atoms. The molecule has 2 atom stereocenters. The zero-order valence-electron chi connectivity index (χ0n) is 12.5. The van der Waals surface area contributed by atoms with E-state index in [2.05, 4.69) is 14.6 Å². The molecule has 1 amide bonds. The molecule has 0 spiro atoms. The Morgan fingerprint density at radius 2 is 2.24 bits per heavy atom. The summed E-state index contributed by atoms with van der Waals surface area (Å²) in [5.41, 5.74) is 0. The van der Waals surface area contributed by atoms with Gasteiger partial charge in [0, 0.05) is 37.9 Å². The van der Waals surface area contributed by atoms with Crippen LogP contribution < -0.4 is 0 Å². The van der Waals surface area contributed by atoms with Crippen LogP contribution in [-0.2, 0) is 4.79 Å². The van der Waals surface area contributed by atoms with E-state index in [4.69, 9.17) is 0 Å². The number of hydrogen-bond acceptors (Lipinski definition) is 3. The predicted octanol–water partition coefficient (Wildman–Crippen LogP) is 1.81. The zero-order chi connectivity index (χ0) is 14.8. The summed E-state index contributed by atoms with van der Waals surface area (Å²) in [7, 11) is 0. The Labute approximate surface area is 124 Å². The van der Waals surface area contributed by atoms with Crippen molar-refractivity contribution in [2.75, 3.05) is 13.1 Å². The van der Waals surface area contributed by atoms with E-state index in [0.717, 1.165) is 31.8 Å². The van der Waals surface area contributed by atoms with Crippen LogP contribution >= 0.6 is 0 Å². The molecule has 0 unspecified atom stereocenters. The van der Waals surface area contributed by atoms with Crippen LogP contribution in [0.4, 0.5) is 0 Å². The van der Waals surface area contributed by atoms with Gasteiger partial charge in [-0.15, -0.1) is 0 Å². The lowest BCUT2D eigenvalue weighted by Gasteiger charge is -2.35. The van der Waals surface area contributed by atoms with Gasteiger partial charge in [-0.2, -0.15) is 5.10 Å². The smallest absolute Gasteiger partial charge is 0.247 e. The van der Waals surface area contributed by atoms with Crippen molar-refractivity contribution in [3.05, 3.63) is 36.7 Å². The molecule has 6 nitrogen and oxygen atoms in total. The van der Waals surface area contributed by atoms with Crippen LogP contribution in [0.1, 0.15) is 37.7 Å². The highest BCUT2D eigenvalue weighted by molar-refractivity contribution is 5.80. The summed E-state index contributed by atoms with van der Waals surface area (Å²) in [5.74, 6) is 1.15. The summed E-state index contributed by atoms with van der Waals surface area (Å²) in [6.07, 6.45) is 9.49. The molecular weight excluding hydrogens is 266 g/mol. The van der Waals surface area contributed by atoms with Crippen molar-refractivity contribution in [3.63, 3.8) is 0 Å². The monoisotopic (exact) mass is 287 g/mol. The fraction of sp³-hybridized carbons (Fsp3) is 0.533. The molecule has 112 valence electrons. The van der Waals surface area contributed by atoms with E-state index < -0.39 is 0 Å². The number of hydrogen-bond donors (Lipinski definition) is 0. The molecule has 2 aromatic rings. The summed E-state index contributed by atoms with van der Waals surface area (Å²) < 4.78 is 3.90. The fourth-order valence-electron chi connectivity index (χ4n) is 3.04. The minimum Gasteiger partial charge on any atom is -0.339 e. The first-order valence-corrected chi connectivity index (χ1v) is 7.44. The molecule has 3 rings (SSSR count). The number of aromatic nitrogens is 4. The second kappa shape index (κ2) is 5.71. The highest BCUT2D eigenvalue weighted by atomic mass is 16.2. The van der Waals surface area contributed by atoms with Crippen LogP contribution in [-0.4, -0.2) is 43.2 Å². The maximum atomic E-state index is 12.6. The number of amides is 1. The third-order valence-electron chi connectivity index (χ3n) is 4.24. The first-order chi connectivity index (χ1) is 10.2. The van der Waals surface area contributed by atoms with Crippen LogP contribution in [0, 0.1) is 6.92 Å². The van der Waals surface area contributed by atoms with Gasteiger partial charge in [0.05, 0.1) is 6.04 Å². The molecule has 1 fully saturated rings. The van der Waals surface area contributed by atoms with Gasteiger partial charge in [0.15, 0.2) is 0 Å². The molecule has 1 aliphatic rings. The van der Waals surface area contributed by atoms with E-state index in [9.17, 15) is 4.79 Å². The lowest BCUT2D eigenvalue weighted by atomic mass is 10.0. The first kappa shape index (κ1) is 13.9. The number of rotatable bonds is 3. The van der Waals surface area contributed by atoms with Gasteiger partial charge in [-0.05, 0) is 32.8 Å². The van der Waals surface area contributed by atoms with Gasteiger partial charge in [0.2, 0.25) is 5.91 Å². The van der Waals surface area contributed by atoms with Gasteiger partial charge >= 0.3 is 0 Å². The average Bonchev–Trinajstić information content (AvgIpc) is 3.17. The molecule has 0 N–H and O–H groups in total. The van der Waals surface area contributed by atoms with Crippen molar-refractivity contribution in [1.29, 1.82) is 0 Å². The summed E-state index contributed by atoms with van der Waals surface area (Å²) >= 11 is 0. The molecule has 0 aromatic carbocycles. The highest BCUT2D eigenvalue weighted by Gasteiger charge is 2.28. The largest absolute Gasteiger partial charge is 0.339 e. The maximum Gasteiger partial charge on any atom is 0.247 e. The average molecular weight is 287 g/mol. The Balaban J connectivity index is 1.71. The van der Waals surface area contributed by atoms with Crippen molar-refractivity contribution in [2.45, 2.75) is 38.8 Å². The third kappa shape index (κ3) is 2.70. The molecular formula is C15H21N5O. The lowest BCUT2D eigenvalue weighted by Crippen LogP contribution is -2.43. The normalized spacial score (nSPS) is 20.5. The maximum absolute atomic E-state index is 12.6. The van der Waals surface area contributed by atoms with Gasteiger partial charge in [-0.1, -0.05) is 0 Å². The van der Waals surface area contributed by atoms with E-state index in [1.165, 1.54) is 0 Å². The lowest BCUT2D eigenvalue weighted by molar-refractivity contribution is -0.136. The molecule has 1 aliphatic heterocycles. The van der Waals surface area contributed by atoms with E-state index >= 15 is 0 Å². The number of piperidine rings is 1. The van der Waals surface area contributed by atoms with Crippen molar-refractivity contribution in [3.8, 4) is 0 Å². The van der Waals surface area contributed by atoms with Gasteiger partial charge in [0.25, 0.3) is 0 Å². The number of nitrogens with zero attached hydrogens (tertiary/aromatic N) is 5. The number of aryl methyl sites for hydroxylation is 1. The van der Waals surface area contributed by atoms with Gasteiger partial charge in [-0.25, -0.2) is 4.98 Å². The summed E-state index contributed by atoms with van der Waals surface area (Å²) in [6.45, 7) is 5.49. The topological polar surface area (TPSA) is 56.0 Å². The highest BCUT2D eigenvalue weighted by Crippen LogP contribution is 2.24. The third-order valence-corrected chi connectivity index (χ3v) is 4.24. The summed E-state index contributed by atoms with van der Waals surface area (Å²) in [5, 5.41) is 4.17. The Morgan fingerprint density at radius 3 is 2.90 bits per heavy atom. The first-order valence-electron chi connectivity index (χ1n) is 7.44. The molecule has 3 heterocycles. The van der Waals surface area contributed by atoms with E-state index in [0.29, 0.717) is 6.04 Å². The summed E-state index contributed by atoms with van der Waals surface area (Å²) in [6, 6.07) is 1.93. The number of likely N-dealkylation sites (tertiary alicyclic amines) is 1. The quantitative estimate of drug-likeness (QED) is 0.865. The van der Waals surface area contributed by atoms with Crippen LogP contribution in [0.5, 0.6) is 0 Å². The molecule has 0 bridgehead atoms. The van der Waals surface area contributed by atoms with Crippen molar-refractivity contribution >= 4 is 5.91 Å². The van der Waals surface area contributed by atoms with E-state index in [1.54, 1.807) is 10.9 Å². The van der Waals surface area contributed by atoms with Crippen LogP contribution in [0.25, 0.3) is 0 Å². The van der Waals surface area contributed by atoms with Crippen LogP contribution in [0.3, 0.4) is 0 Å². The van der Waals surface area contributed by atoms with Gasteiger partial charge in [0.1, 0.15) is 11.9 Å². The summed E-state index contributed by atoms with van der Waals surface area (Å²) in [4.78, 5) is 18.9. The number of carbonyl (C=O) groups excluding carboxylic acids is 1. The molecule has 0 saturated carbocycles. The van der Waals surface area contributed by atoms with Crippen LogP contribution in [0.15, 0.2) is 30.9 Å². The second-order valence-corrected chi connectivity index (χ2v) is 5.62. The minimum atomic E-state index is -0.248. The van der Waals surface area contributed by atoms with Crippen molar-refractivity contribution in [2.24, 2.45) is 0 Å². The Bertz CT molecular complexity index is 603. The molecule has 6 heteroatoms. The standard InChI is InChI=1S/C15H21N5O/c1-12(20-9-4-6-17-20)15(21)18-8-3-5-14(11-18)19-10-7-16-13(19)2/h4,6-7,9-10,12,14H,3,5,8,11H2,1-2H3/t12-,14-/m0/s1. The predicted molar refractivity (Wildman–Crippen MR) is 78.8 cm³/mol. The molecule has 1 saturated heterocycles. The number of carbonyl (C=O) groups is 1. The molecule has 0 radical (unpaired) electrons. The van der Waals surface area contributed by atoms with E-state index in [1.807, 2.05) is 43.4 Å². The SMILES string of the molecule is Cc1nccn1[C@H]1CCCN(C(=O)[C@H](C)n2cccn2)C1. The number of imidazole rings is 1. The van der Waals surface area contributed by atoms with Crippen LogP contribution in [0.2, 0.25) is 0 Å². The van der Waals surface area contributed by atoms with Crippen molar-refractivity contribution < 1.29 is 4.79 Å². The van der Waals surface area contributed by atoms with Crippen molar-refractivity contribution in [1.82, 2.24) is 24.2 Å². The Morgan fingerprint density at radius 1 is 1.38 bits per heavy atom. The molecule has 2 aromatic heterocycles. The second-order valence-electron chi connectivity index (χ2n) is 5.62. The molecule has 0 aliphatic carbocycles. The van der Waals surface area contributed by atoms with Gasteiger partial charge < -0.3 is 9.47 Å². The Hall–Kier alpha value is -2.11.